The van der Waals surface area contributed by atoms with E-state index in [4.69, 9.17) is 5.26 Å². The Morgan fingerprint density at radius 1 is 1.38 bits per heavy atom. The quantitative estimate of drug-likeness (QED) is 0.750. The van der Waals surface area contributed by atoms with Crippen molar-refractivity contribution in [2.75, 3.05) is 0 Å². The fourth-order valence-electron chi connectivity index (χ4n) is 1.14. The van der Waals surface area contributed by atoms with Crippen LogP contribution in [0.4, 0.5) is 17.6 Å². The number of primary amides is 1. The summed E-state index contributed by atoms with van der Waals surface area (Å²) in [6, 6.07) is 2.41. The van der Waals surface area contributed by atoms with Crippen molar-refractivity contribution in [3.63, 3.8) is 0 Å². The first-order chi connectivity index (χ1) is 7.29. The summed E-state index contributed by atoms with van der Waals surface area (Å²) in [6.45, 7) is 0. The Balaban J connectivity index is 3.62. The van der Waals surface area contributed by atoms with Gasteiger partial charge in [0.05, 0.1) is 16.7 Å². The summed E-state index contributed by atoms with van der Waals surface area (Å²) >= 11 is 0. The van der Waals surface area contributed by atoms with Crippen molar-refractivity contribution in [1.29, 1.82) is 5.26 Å². The van der Waals surface area contributed by atoms with Crippen LogP contribution in [-0.4, -0.2) is 5.91 Å². The van der Waals surface area contributed by atoms with Gasteiger partial charge in [0, 0.05) is 0 Å². The number of hydrogen-bond donors (Lipinski definition) is 1. The van der Waals surface area contributed by atoms with E-state index in [1.54, 1.807) is 0 Å². The molecular weight excluding hydrogens is 228 g/mol. The lowest BCUT2D eigenvalue weighted by atomic mass is 10.0. The number of carbonyl (C=O) groups excluding carboxylic acids is 1. The molecule has 0 fully saturated rings. The van der Waals surface area contributed by atoms with Crippen molar-refractivity contribution in [2.24, 2.45) is 5.73 Å². The van der Waals surface area contributed by atoms with Gasteiger partial charge >= 0.3 is 6.18 Å². The summed E-state index contributed by atoms with van der Waals surface area (Å²) in [5.74, 6) is -3.12. The molecule has 0 bridgehead atoms. The molecule has 0 aliphatic rings. The SMILES string of the molecule is N#Cc1ccc(C(F)(F)F)c(C(N)=O)c1F. The monoisotopic (exact) mass is 232 g/mol. The first-order valence-electron chi connectivity index (χ1n) is 3.88. The molecule has 0 atom stereocenters. The highest BCUT2D eigenvalue weighted by Crippen LogP contribution is 2.33. The normalized spacial score (nSPS) is 10.9. The largest absolute Gasteiger partial charge is 0.417 e. The van der Waals surface area contributed by atoms with Gasteiger partial charge in [0.15, 0.2) is 5.82 Å². The zero-order chi connectivity index (χ0) is 12.5. The highest BCUT2D eigenvalue weighted by atomic mass is 19.4. The standard InChI is InChI=1S/C9H4F4N2O/c10-7-4(3-14)1-2-5(9(11,12)13)6(7)8(15)16/h1-2H,(H2,15,16). The van der Waals surface area contributed by atoms with Gasteiger partial charge in [-0.05, 0) is 12.1 Å². The zero-order valence-corrected chi connectivity index (χ0v) is 7.60. The van der Waals surface area contributed by atoms with Crippen LogP contribution in [0, 0.1) is 17.1 Å². The summed E-state index contributed by atoms with van der Waals surface area (Å²) in [7, 11) is 0. The third kappa shape index (κ3) is 1.95. The van der Waals surface area contributed by atoms with Gasteiger partial charge in [-0.2, -0.15) is 18.4 Å². The predicted octanol–water partition coefficient (Wildman–Crippen LogP) is 1.82. The molecule has 84 valence electrons. The lowest BCUT2D eigenvalue weighted by molar-refractivity contribution is -0.138. The van der Waals surface area contributed by atoms with E-state index >= 15 is 0 Å². The number of hydrogen-bond acceptors (Lipinski definition) is 2. The number of carbonyl (C=O) groups is 1. The maximum Gasteiger partial charge on any atom is 0.417 e. The Hall–Kier alpha value is -2.10. The van der Waals surface area contributed by atoms with Crippen molar-refractivity contribution in [1.82, 2.24) is 0 Å². The van der Waals surface area contributed by atoms with E-state index in [0.717, 1.165) is 0 Å². The number of amides is 1. The molecule has 3 nitrogen and oxygen atoms in total. The molecule has 1 rings (SSSR count). The third-order valence-corrected chi connectivity index (χ3v) is 1.81. The minimum absolute atomic E-state index is 0.446. The van der Waals surface area contributed by atoms with Crippen LogP contribution in [-0.2, 0) is 6.18 Å². The van der Waals surface area contributed by atoms with Crippen molar-refractivity contribution >= 4 is 5.91 Å². The van der Waals surface area contributed by atoms with E-state index in [9.17, 15) is 22.4 Å². The van der Waals surface area contributed by atoms with Gasteiger partial charge in [-0.3, -0.25) is 4.79 Å². The summed E-state index contributed by atoms with van der Waals surface area (Å²) in [4.78, 5) is 10.7. The van der Waals surface area contributed by atoms with Crippen LogP contribution in [0.15, 0.2) is 12.1 Å². The Bertz CT molecular complexity index is 488. The molecule has 0 saturated carbocycles. The molecule has 0 aromatic heterocycles. The second kappa shape index (κ2) is 3.81. The van der Waals surface area contributed by atoms with Crippen molar-refractivity contribution < 1.29 is 22.4 Å². The maximum absolute atomic E-state index is 13.3. The molecule has 0 heterocycles. The average Bonchev–Trinajstić information content (AvgIpc) is 2.15. The molecule has 1 aromatic carbocycles. The third-order valence-electron chi connectivity index (χ3n) is 1.81. The van der Waals surface area contributed by atoms with E-state index in [0.29, 0.717) is 12.1 Å². The van der Waals surface area contributed by atoms with Crippen LogP contribution < -0.4 is 5.73 Å². The molecule has 0 radical (unpaired) electrons. The molecule has 0 spiro atoms. The Kier molecular flexibility index (Phi) is 2.85. The second-order valence-electron chi connectivity index (χ2n) is 2.82. The number of rotatable bonds is 1. The van der Waals surface area contributed by atoms with Crippen LogP contribution in [0.2, 0.25) is 0 Å². The number of halogens is 4. The van der Waals surface area contributed by atoms with E-state index in [-0.39, 0.29) is 0 Å². The van der Waals surface area contributed by atoms with Crippen molar-refractivity contribution in [3.8, 4) is 6.07 Å². The van der Waals surface area contributed by atoms with E-state index in [1.807, 2.05) is 0 Å². The van der Waals surface area contributed by atoms with Crippen LogP contribution in [0.5, 0.6) is 0 Å². The fraction of sp³-hybridized carbons (Fsp3) is 0.111. The van der Waals surface area contributed by atoms with E-state index in [1.165, 1.54) is 6.07 Å². The van der Waals surface area contributed by atoms with Crippen LogP contribution in [0.25, 0.3) is 0 Å². The minimum Gasteiger partial charge on any atom is -0.365 e. The maximum atomic E-state index is 13.3. The summed E-state index contributed by atoms with van der Waals surface area (Å²) < 4.78 is 50.4. The summed E-state index contributed by atoms with van der Waals surface area (Å²) in [6.07, 6.45) is -4.90. The highest BCUT2D eigenvalue weighted by molar-refractivity contribution is 5.95. The Morgan fingerprint density at radius 3 is 2.31 bits per heavy atom. The Labute approximate surface area is 87.1 Å². The molecule has 1 aromatic rings. The first kappa shape index (κ1) is 12.0. The van der Waals surface area contributed by atoms with Crippen molar-refractivity contribution in [3.05, 3.63) is 34.6 Å². The van der Waals surface area contributed by atoms with Gasteiger partial charge in [0.2, 0.25) is 0 Å². The lowest BCUT2D eigenvalue weighted by Crippen LogP contribution is -2.21. The molecular formula is C9H4F4N2O. The van der Waals surface area contributed by atoms with Crippen LogP contribution >= 0.6 is 0 Å². The van der Waals surface area contributed by atoms with Gasteiger partial charge in [-0.15, -0.1) is 0 Å². The molecule has 7 heteroatoms. The van der Waals surface area contributed by atoms with Gasteiger partial charge in [0.1, 0.15) is 6.07 Å². The van der Waals surface area contributed by atoms with Crippen LogP contribution in [0.3, 0.4) is 0 Å². The number of benzene rings is 1. The highest BCUT2D eigenvalue weighted by Gasteiger charge is 2.37. The van der Waals surface area contributed by atoms with Gasteiger partial charge in [0.25, 0.3) is 5.91 Å². The second-order valence-corrected chi connectivity index (χ2v) is 2.82. The van der Waals surface area contributed by atoms with E-state index in [2.05, 4.69) is 5.73 Å². The predicted molar refractivity (Wildman–Crippen MR) is 44.6 cm³/mol. The topological polar surface area (TPSA) is 66.9 Å². The molecule has 0 unspecified atom stereocenters. The van der Waals surface area contributed by atoms with Gasteiger partial charge < -0.3 is 5.73 Å². The summed E-state index contributed by atoms with van der Waals surface area (Å²) in [5, 5.41) is 8.39. The molecule has 0 saturated heterocycles. The molecule has 0 aliphatic heterocycles. The number of nitrogens with zero attached hydrogens (tertiary/aromatic N) is 1. The number of nitrogens with two attached hydrogens (primary N) is 1. The molecule has 2 N–H and O–H groups in total. The van der Waals surface area contributed by atoms with E-state index < -0.39 is 34.6 Å². The van der Waals surface area contributed by atoms with Gasteiger partial charge in [-0.25, -0.2) is 4.39 Å². The fourth-order valence-corrected chi connectivity index (χ4v) is 1.14. The first-order valence-corrected chi connectivity index (χ1v) is 3.88. The summed E-state index contributed by atoms with van der Waals surface area (Å²) in [5.41, 5.74) is 1.18. The average molecular weight is 232 g/mol. The lowest BCUT2D eigenvalue weighted by Gasteiger charge is -2.11. The minimum atomic E-state index is -4.90. The number of nitriles is 1. The van der Waals surface area contributed by atoms with Gasteiger partial charge in [-0.1, -0.05) is 0 Å². The van der Waals surface area contributed by atoms with Crippen LogP contribution in [0.1, 0.15) is 21.5 Å². The molecule has 0 aliphatic carbocycles. The zero-order valence-electron chi connectivity index (χ0n) is 7.60. The Morgan fingerprint density at radius 2 is 1.94 bits per heavy atom. The number of alkyl halides is 3. The molecule has 16 heavy (non-hydrogen) atoms. The molecule has 1 amide bonds. The van der Waals surface area contributed by atoms with Crippen molar-refractivity contribution in [2.45, 2.75) is 6.18 Å². The smallest absolute Gasteiger partial charge is 0.365 e.